The molecule has 1 saturated heterocycles. The standard InChI is InChI=1S/C25H41NO5/c1-22-10-11-24(28,16-26-15-21(27)29-3)14-17(22)4-5-18-19(22)6-8-23(2)20(18)7-9-25(23)30-12-13-31-25/h17-20,26,28H,4-16H2,1-3H3. The minimum absolute atomic E-state index is 0.154. The summed E-state index contributed by atoms with van der Waals surface area (Å²) in [5.41, 5.74) is -0.246. The van der Waals surface area contributed by atoms with Crippen LogP contribution < -0.4 is 5.32 Å². The van der Waals surface area contributed by atoms with Crippen LogP contribution in [0.1, 0.15) is 71.6 Å². The second kappa shape index (κ2) is 7.68. The van der Waals surface area contributed by atoms with Gasteiger partial charge >= 0.3 is 5.97 Å². The Morgan fingerprint density at radius 2 is 1.77 bits per heavy atom. The number of nitrogens with one attached hydrogen (secondary N) is 1. The maximum atomic E-state index is 11.4. The SMILES string of the molecule is COC(=O)CNCC1(O)CCC2(C)C(CCC3C2CCC2(C)C3CCC23OCCO3)C1. The lowest BCUT2D eigenvalue weighted by atomic mass is 9.44. The van der Waals surface area contributed by atoms with E-state index in [-0.39, 0.29) is 23.7 Å². The van der Waals surface area contributed by atoms with E-state index < -0.39 is 5.60 Å². The average molecular weight is 436 g/mol. The molecule has 6 nitrogen and oxygen atoms in total. The number of ether oxygens (including phenoxy) is 3. The van der Waals surface area contributed by atoms with Crippen LogP contribution in [0.3, 0.4) is 0 Å². The number of fused-ring (bicyclic) bond motifs is 6. The Bertz CT molecular complexity index is 708. The molecule has 6 heteroatoms. The van der Waals surface area contributed by atoms with Crippen LogP contribution in [0.2, 0.25) is 0 Å². The van der Waals surface area contributed by atoms with Crippen molar-refractivity contribution in [3.05, 3.63) is 0 Å². The maximum absolute atomic E-state index is 11.4. The Kier molecular flexibility index (Phi) is 5.48. The van der Waals surface area contributed by atoms with Crippen LogP contribution in [0.15, 0.2) is 0 Å². The van der Waals surface area contributed by atoms with Gasteiger partial charge in [0, 0.05) is 18.4 Å². The molecule has 5 rings (SSSR count). The summed E-state index contributed by atoms with van der Waals surface area (Å²) in [5, 5.41) is 14.4. The Labute approximate surface area is 186 Å². The summed E-state index contributed by atoms with van der Waals surface area (Å²) in [6.45, 7) is 7.11. The number of rotatable bonds is 4. The minimum Gasteiger partial charge on any atom is -0.468 e. The third kappa shape index (κ3) is 3.31. The molecule has 1 aliphatic heterocycles. The molecule has 5 aliphatic rings. The number of carbonyl (C=O) groups excluding carboxylic acids is 1. The molecule has 0 amide bonds. The molecule has 1 spiro atoms. The van der Waals surface area contributed by atoms with Crippen molar-refractivity contribution in [1.82, 2.24) is 5.32 Å². The van der Waals surface area contributed by atoms with Crippen LogP contribution >= 0.6 is 0 Å². The summed E-state index contributed by atoms with van der Waals surface area (Å²) < 4.78 is 17.3. The fourth-order valence-electron chi connectivity index (χ4n) is 8.84. The first-order valence-corrected chi connectivity index (χ1v) is 12.5. The molecule has 31 heavy (non-hydrogen) atoms. The van der Waals surface area contributed by atoms with Gasteiger partial charge in [0.05, 0.1) is 32.5 Å². The Balaban J connectivity index is 1.28. The van der Waals surface area contributed by atoms with Gasteiger partial charge in [-0.05, 0) is 80.5 Å². The lowest BCUT2D eigenvalue weighted by Gasteiger charge is -2.62. The highest BCUT2D eigenvalue weighted by Crippen LogP contribution is 2.69. The molecule has 0 radical (unpaired) electrons. The quantitative estimate of drug-likeness (QED) is 0.660. The maximum Gasteiger partial charge on any atom is 0.319 e. The largest absolute Gasteiger partial charge is 0.468 e. The molecule has 176 valence electrons. The molecule has 4 aliphatic carbocycles. The molecule has 1 heterocycles. The Morgan fingerprint density at radius 1 is 1.03 bits per heavy atom. The summed E-state index contributed by atoms with van der Waals surface area (Å²) in [7, 11) is 1.40. The van der Waals surface area contributed by atoms with Crippen LogP contribution in [0.5, 0.6) is 0 Å². The fraction of sp³-hybridized carbons (Fsp3) is 0.960. The van der Waals surface area contributed by atoms with Gasteiger partial charge in [-0.1, -0.05) is 13.8 Å². The van der Waals surface area contributed by atoms with Crippen LogP contribution in [0, 0.1) is 34.5 Å². The monoisotopic (exact) mass is 435 g/mol. The van der Waals surface area contributed by atoms with Gasteiger partial charge in [0.15, 0.2) is 5.79 Å². The molecule has 0 aromatic heterocycles. The first-order valence-electron chi connectivity index (χ1n) is 12.5. The second-order valence-corrected chi connectivity index (χ2v) is 11.7. The number of esters is 1. The first kappa shape index (κ1) is 22.1. The molecule has 7 atom stereocenters. The highest BCUT2D eigenvalue weighted by atomic mass is 16.7. The Hall–Kier alpha value is -0.690. The number of methoxy groups -OCH3 is 1. The number of aliphatic hydroxyl groups is 1. The lowest BCUT2D eigenvalue weighted by molar-refractivity contribution is -0.249. The molecule has 0 aromatic carbocycles. The number of hydrogen-bond donors (Lipinski definition) is 2. The van der Waals surface area contributed by atoms with Crippen molar-refractivity contribution in [1.29, 1.82) is 0 Å². The van der Waals surface area contributed by atoms with Crippen molar-refractivity contribution in [2.75, 3.05) is 33.4 Å². The van der Waals surface area contributed by atoms with Crippen molar-refractivity contribution in [2.45, 2.75) is 83.0 Å². The van der Waals surface area contributed by atoms with Crippen LogP contribution in [-0.4, -0.2) is 55.9 Å². The van der Waals surface area contributed by atoms with E-state index in [9.17, 15) is 9.90 Å². The molecule has 7 unspecified atom stereocenters. The predicted octanol–water partition coefficient (Wildman–Crippen LogP) is 3.27. The van der Waals surface area contributed by atoms with Gasteiger partial charge in [-0.25, -0.2) is 0 Å². The predicted molar refractivity (Wildman–Crippen MR) is 116 cm³/mol. The van der Waals surface area contributed by atoms with Gasteiger partial charge in [0.1, 0.15) is 0 Å². The van der Waals surface area contributed by atoms with E-state index in [1.807, 2.05) is 0 Å². The molecule has 2 N–H and O–H groups in total. The van der Waals surface area contributed by atoms with Crippen LogP contribution in [0.25, 0.3) is 0 Å². The second-order valence-electron chi connectivity index (χ2n) is 11.7. The Morgan fingerprint density at radius 3 is 2.52 bits per heavy atom. The number of hydrogen-bond acceptors (Lipinski definition) is 6. The molecule has 0 bridgehead atoms. The minimum atomic E-state index is -0.711. The van der Waals surface area contributed by atoms with Gasteiger partial charge in [-0.2, -0.15) is 0 Å². The molecule has 0 aromatic rings. The zero-order valence-corrected chi connectivity index (χ0v) is 19.6. The van der Waals surface area contributed by atoms with Gasteiger partial charge in [0.25, 0.3) is 0 Å². The average Bonchev–Trinajstić information content (AvgIpc) is 3.34. The van der Waals surface area contributed by atoms with Gasteiger partial charge < -0.3 is 24.6 Å². The first-order chi connectivity index (χ1) is 14.8. The summed E-state index contributed by atoms with van der Waals surface area (Å²) >= 11 is 0. The van der Waals surface area contributed by atoms with Crippen molar-refractivity contribution in [3.63, 3.8) is 0 Å². The van der Waals surface area contributed by atoms with E-state index >= 15 is 0 Å². The van der Waals surface area contributed by atoms with E-state index in [4.69, 9.17) is 14.2 Å². The summed E-state index contributed by atoms with van der Waals surface area (Å²) in [4.78, 5) is 11.4. The van der Waals surface area contributed by atoms with Crippen molar-refractivity contribution in [3.8, 4) is 0 Å². The zero-order chi connectivity index (χ0) is 21.9. The molecule has 4 saturated carbocycles. The van der Waals surface area contributed by atoms with Gasteiger partial charge in [0.2, 0.25) is 0 Å². The van der Waals surface area contributed by atoms with E-state index in [0.717, 1.165) is 50.7 Å². The fourth-order valence-corrected chi connectivity index (χ4v) is 8.84. The van der Waals surface area contributed by atoms with E-state index in [0.29, 0.717) is 23.8 Å². The zero-order valence-electron chi connectivity index (χ0n) is 19.6. The van der Waals surface area contributed by atoms with Gasteiger partial charge in [-0.15, -0.1) is 0 Å². The van der Waals surface area contributed by atoms with Crippen molar-refractivity contribution < 1.29 is 24.1 Å². The third-order valence-electron chi connectivity index (χ3n) is 10.6. The number of carbonyl (C=O) groups is 1. The lowest BCUT2D eigenvalue weighted by Crippen LogP contribution is -2.59. The van der Waals surface area contributed by atoms with Crippen molar-refractivity contribution in [2.24, 2.45) is 34.5 Å². The molecule has 5 fully saturated rings. The van der Waals surface area contributed by atoms with E-state index in [1.54, 1.807) is 0 Å². The highest BCUT2D eigenvalue weighted by Gasteiger charge is 2.67. The van der Waals surface area contributed by atoms with Crippen LogP contribution in [-0.2, 0) is 19.0 Å². The normalized spacial score (nSPS) is 48.1. The topological polar surface area (TPSA) is 77.0 Å². The van der Waals surface area contributed by atoms with Crippen molar-refractivity contribution >= 4 is 5.97 Å². The smallest absolute Gasteiger partial charge is 0.319 e. The summed E-state index contributed by atoms with van der Waals surface area (Å²) in [6, 6.07) is 0. The van der Waals surface area contributed by atoms with E-state index in [2.05, 4.69) is 19.2 Å². The molecular weight excluding hydrogens is 394 g/mol. The summed E-state index contributed by atoms with van der Waals surface area (Å²) in [6.07, 6.45) is 9.98. The van der Waals surface area contributed by atoms with E-state index in [1.165, 1.54) is 39.2 Å². The van der Waals surface area contributed by atoms with Gasteiger partial charge in [-0.3, -0.25) is 4.79 Å². The third-order valence-corrected chi connectivity index (χ3v) is 10.6. The van der Waals surface area contributed by atoms with Crippen LogP contribution in [0.4, 0.5) is 0 Å². The highest BCUT2D eigenvalue weighted by molar-refractivity contribution is 5.71. The summed E-state index contributed by atoms with van der Waals surface area (Å²) in [5.74, 6) is 2.16. The molecular formula is C25H41NO5.